The van der Waals surface area contributed by atoms with Crippen LogP contribution in [-0.2, 0) is 14.3 Å². The molecule has 0 radical (unpaired) electrons. The molecule has 0 bridgehead atoms. The Hall–Kier alpha value is -0.400. The number of esters is 1. The van der Waals surface area contributed by atoms with Crippen LogP contribution in [0, 0.1) is 0 Å². The third-order valence-electron chi connectivity index (χ3n) is 2.38. The quantitative estimate of drug-likeness (QED) is 0.602. The lowest BCUT2D eigenvalue weighted by Gasteiger charge is -2.18. The SMILES string of the molecule is COC(=O)[C@@H](CCSC)NC(=O)[C@H](N)CCSC. The maximum Gasteiger partial charge on any atom is 0.328 e. The summed E-state index contributed by atoms with van der Waals surface area (Å²) in [7, 11) is 1.31. The Morgan fingerprint density at radius 2 is 1.78 bits per heavy atom. The van der Waals surface area contributed by atoms with E-state index in [0.29, 0.717) is 12.8 Å². The number of amides is 1. The van der Waals surface area contributed by atoms with Crippen LogP contribution in [0.25, 0.3) is 0 Å². The summed E-state index contributed by atoms with van der Waals surface area (Å²) in [6, 6.07) is -1.17. The van der Waals surface area contributed by atoms with Crippen molar-refractivity contribution in [1.29, 1.82) is 0 Å². The number of rotatable bonds is 9. The fourth-order valence-corrected chi connectivity index (χ4v) is 2.24. The van der Waals surface area contributed by atoms with E-state index in [0.717, 1.165) is 11.5 Å². The van der Waals surface area contributed by atoms with Gasteiger partial charge in [0.2, 0.25) is 5.91 Å². The molecule has 0 rings (SSSR count). The molecule has 0 aliphatic rings. The van der Waals surface area contributed by atoms with Gasteiger partial charge in [0, 0.05) is 0 Å². The second-order valence-electron chi connectivity index (χ2n) is 3.75. The van der Waals surface area contributed by atoms with Gasteiger partial charge >= 0.3 is 5.97 Å². The molecule has 0 unspecified atom stereocenters. The van der Waals surface area contributed by atoms with Gasteiger partial charge in [-0.2, -0.15) is 23.5 Å². The molecule has 0 fully saturated rings. The first-order valence-corrected chi connectivity index (χ1v) is 8.47. The number of ether oxygens (including phenoxy) is 1. The average molecular weight is 294 g/mol. The Labute approximate surface area is 117 Å². The summed E-state index contributed by atoms with van der Waals surface area (Å²) in [6.07, 6.45) is 5.05. The first-order valence-electron chi connectivity index (χ1n) is 5.68. The standard InChI is InChI=1S/C11H22N2O3S2/c1-16-11(15)9(5-7-18-3)13-10(14)8(12)4-6-17-2/h8-9H,4-7,12H2,1-3H3,(H,13,14)/t8-,9-/m1/s1. The van der Waals surface area contributed by atoms with E-state index in [1.807, 2.05) is 12.5 Å². The second kappa shape index (κ2) is 10.5. The number of carbonyl (C=O) groups is 2. The molecule has 0 aromatic heterocycles. The third kappa shape index (κ3) is 7.13. The van der Waals surface area contributed by atoms with Gasteiger partial charge < -0.3 is 15.8 Å². The maximum absolute atomic E-state index is 11.8. The lowest BCUT2D eigenvalue weighted by molar-refractivity contribution is -0.145. The smallest absolute Gasteiger partial charge is 0.328 e. The van der Waals surface area contributed by atoms with Gasteiger partial charge in [-0.25, -0.2) is 4.79 Å². The van der Waals surface area contributed by atoms with E-state index in [4.69, 9.17) is 5.73 Å². The molecule has 18 heavy (non-hydrogen) atoms. The molecule has 0 saturated carbocycles. The number of thioether (sulfide) groups is 2. The van der Waals surface area contributed by atoms with Crippen molar-refractivity contribution in [1.82, 2.24) is 5.32 Å². The van der Waals surface area contributed by atoms with Crippen LogP contribution < -0.4 is 11.1 Å². The molecule has 0 aliphatic heterocycles. The van der Waals surface area contributed by atoms with Crippen LogP contribution >= 0.6 is 23.5 Å². The van der Waals surface area contributed by atoms with Crippen LogP contribution in [0.15, 0.2) is 0 Å². The number of hydrogen-bond donors (Lipinski definition) is 2. The minimum Gasteiger partial charge on any atom is -0.467 e. The number of hydrogen-bond acceptors (Lipinski definition) is 6. The van der Waals surface area contributed by atoms with Crippen molar-refractivity contribution in [3.05, 3.63) is 0 Å². The average Bonchev–Trinajstić information content (AvgIpc) is 2.39. The van der Waals surface area contributed by atoms with Crippen molar-refractivity contribution < 1.29 is 14.3 Å². The zero-order valence-corrected chi connectivity index (χ0v) is 12.7. The van der Waals surface area contributed by atoms with E-state index < -0.39 is 18.1 Å². The monoisotopic (exact) mass is 294 g/mol. The zero-order valence-electron chi connectivity index (χ0n) is 11.1. The van der Waals surface area contributed by atoms with Crippen molar-refractivity contribution in [3.8, 4) is 0 Å². The topological polar surface area (TPSA) is 81.4 Å². The van der Waals surface area contributed by atoms with Gasteiger partial charge in [-0.1, -0.05) is 0 Å². The number of nitrogens with one attached hydrogen (secondary N) is 1. The highest BCUT2D eigenvalue weighted by molar-refractivity contribution is 7.98. The molecule has 0 aliphatic carbocycles. The van der Waals surface area contributed by atoms with Gasteiger partial charge in [0.25, 0.3) is 0 Å². The van der Waals surface area contributed by atoms with Crippen molar-refractivity contribution in [2.45, 2.75) is 24.9 Å². The van der Waals surface area contributed by atoms with Crippen molar-refractivity contribution in [2.75, 3.05) is 31.1 Å². The van der Waals surface area contributed by atoms with E-state index in [1.54, 1.807) is 23.5 Å². The number of methoxy groups -OCH3 is 1. The van der Waals surface area contributed by atoms with Crippen LogP contribution in [0.3, 0.4) is 0 Å². The van der Waals surface area contributed by atoms with E-state index in [1.165, 1.54) is 7.11 Å². The van der Waals surface area contributed by atoms with Gasteiger partial charge in [-0.3, -0.25) is 4.79 Å². The Morgan fingerprint density at radius 3 is 2.28 bits per heavy atom. The fraction of sp³-hybridized carbons (Fsp3) is 0.818. The summed E-state index contributed by atoms with van der Waals surface area (Å²) < 4.78 is 4.66. The predicted molar refractivity (Wildman–Crippen MR) is 77.9 cm³/mol. The highest BCUT2D eigenvalue weighted by Gasteiger charge is 2.23. The molecule has 0 heterocycles. The lowest BCUT2D eigenvalue weighted by atomic mass is 10.2. The van der Waals surface area contributed by atoms with Gasteiger partial charge in [-0.05, 0) is 36.9 Å². The molecule has 2 atom stereocenters. The largest absolute Gasteiger partial charge is 0.467 e. The van der Waals surface area contributed by atoms with Gasteiger partial charge in [0.15, 0.2) is 0 Å². The van der Waals surface area contributed by atoms with Crippen LogP contribution in [0.1, 0.15) is 12.8 Å². The lowest BCUT2D eigenvalue weighted by Crippen LogP contribution is -2.49. The molecular weight excluding hydrogens is 272 g/mol. The van der Waals surface area contributed by atoms with Gasteiger partial charge in [0.1, 0.15) is 6.04 Å². The first-order chi connectivity index (χ1) is 8.56. The van der Waals surface area contributed by atoms with Crippen LogP contribution in [0.5, 0.6) is 0 Å². The summed E-state index contributed by atoms with van der Waals surface area (Å²) in [5.74, 6) is 0.887. The van der Waals surface area contributed by atoms with Crippen molar-refractivity contribution >= 4 is 35.4 Å². The highest BCUT2D eigenvalue weighted by Crippen LogP contribution is 2.04. The fourth-order valence-electron chi connectivity index (χ4n) is 1.28. The highest BCUT2D eigenvalue weighted by atomic mass is 32.2. The molecule has 0 saturated heterocycles. The van der Waals surface area contributed by atoms with Crippen molar-refractivity contribution in [2.24, 2.45) is 5.73 Å². The van der Waals surface area contributed by atoms with Crippen molar-refractivity contribution in [3.63, 3.8) is 0 Å². The van der Waals surface area contributed by atoms with Gasteiger partial charge in [-0.15, -0.1) is 0 Å². The molecule has 0 aromatic rings. The molecule has 0 spiro atoms. The minimum absolute atomic E-state index is 0.291. The van der Waals surface area contributed by atoms with E-state index in [9.17, 15) is 9.59 Å². The molecule has 106 valence electrons. The van der Waals surface area contributed by atoms with Crippen LogP contribution in [-0.4, -0.2) is 55.1 Å². The molecule has 0 aromatic carbocycles. The number of nitrogens with two attached hydrogens (primary N) is 1. The molecular formula is C11H22N2O3S2. The Kier molecular flexibility index (Phi) is 10.3. The second-order valence-corrected chi connectivity index (χ2v) is 5.72. The van der Waals surface area contributed by atoms with E-state index in [2.05, 4.69) is 10.1 Å². The third-order valence-corrected chi connectivity index (χ3v) is 3.67. The molecule has 5 nitrogen and oxygen atoms in total. The van der Waals surface area contributed by atoms with E-state index >= 15 is 0 Å². The maximum atomic E-state index is 11.8. The number of carbonyl (C=O) groups excluding carboxylic acids is 2. The normalized spacial score (nSPS) is 13.8. The molecule has 3 N–H and O–H groups in total. The molecule has 7 heteroatoms. The summed E-state index contributed by atoms with van der Waals surface area (Å²) >= 11 is 3.25. The molecule has 1 amide bonds. The Bertz CT molecular complexity index is 265. The Balaban J connectivity index is 4.28. The Morgan fingerprint density at radius 1 is 1.22 bits per heavy atom. The summed E-state index contributed by atoms with van der Waals surface area (Å²) in [4.78, 5) is 23.3. The summed E-state index contributed by atoms with van der Waals surface area (Å²) in [6.45, 7) is 0. The predicted octanol–water partition coefficient (Wildman–Crippen LogP) is 0.478. The van der Waals surface area contributed by atoms with Crippen LogP contribution in [0.2, 0.25) is 0 Å². The minimum atomic E-state index is -0.602. The summed E-state index contributed by atoms with van der Waals surface area (Å²) in [5.41, 5.74) is 5.74. The first kappa shape index (κ1) is 17.6. The summed E-state index contributed by atoms with van der Waals surface area (Å²) in [5, 5.41) is 2.65. The zero-order chi connectivity index (χ0) is 14.0. The van der Waals surface area contributed by atoms with E-state index in [-0.39, 0.29) is 5.91 Å². The van der Waals surface area contributed by atoms with Crippen LogP contribution in [0.4, 0.5) is 0 Å². The van der Waals surface area contributed by atoms with Gasteiger partial charge in [0.05, 0.1) is 13.2 Å².